The van der Waals surface area contributed by atoms with E-state index in [9.17, 15) is 4.79 Å². The lowest BCUT2D eigenvalue weighted by Gasteiger charge is -2.32. The van der Waals surface area contributed by atoms with E-state index in [-0.39, 0.29) is 5.56 Å². The molecule has 1 saturated carbocycles. The summed E-state index contributed by atoms with van der Waals surface area (Å²) < 4.78 is 1.63. The highest BCUT2D eigenvalue weighted by Gasteiger charge is 2.24. The zero-order valence-corrected chi connectivity index (χ0v) is 15.5. The molecule has 3 heterocycles. The number of hydrogen-bond donors (Lipinski definition) is 2. The number of rotatable bonds is 3. The highest BCUT2D eigenvalue weighted by molar-refractivity contribution is 5.85. The maximum Gasteiger partial charge on any atom is 0.275 e. The monoisotopic (exact) mass is 362 g/mol. The van der Waals surface area contributed by atoms with Crippen molar-refractivity contribution in [2.45, 2.75) is 25.8 Å². The Labute approximate surface area is 157 Å². The van der Waals surface area contributed by atoms with Gasteiger partial charge < -0.3 is 15.5 Å². The fourth-order valence-corrected chi connectivity index (χ4v) is 3.67. The molecule has 7 nitrogen and oxygen atoms in total. The van der Waals surface area contributed by atoms with E-state index in [1.807, 2.05) is 12.1 Å². The molecular formula is C20H22N6O. The van der Waals surface area contributed by atoms with E-state index >= 15 is 0 Å². The van der Waals surface area contributed by atoms with Crippen molar-refractivity contribution in [2.75, 3.05) is 28.6 Å². The number of nitrogens with one attached hydrogen (secondary N) is 2. The maximum atomic E-state index is 13.1. The second-order valence-electron chi connectivity index (χ2n) is 7.33. The van der Waals surface area contributed by atoms with E-state index in [1.54, 1.807) is 17.8 Å². The Balaban J connectivity index is 1.63. The summed E-state index contributed by atoms with van der Waals surface area (Å²) in [6, 6.07) is 8.54. The first-order valence-corrected chi connectivity index (χ1v) is 9.36. The van der Waals surface area contributed by atoms with Crippen molar-refractivity contribution in [1.29, 1.82) is 0 Å². The first-order valence-electron chi connectivity index (χ1n) is 9.36. The summed E-state index contributed by atoms with van der Waals surface area (Å²) in [5.41, 5.74) is 4.56. The van der Waals surface area contributed by atoms with Crippen LogP contribution in [0.3, 0.4) is 0 Å². The fourth-order valence-electron chi connectivity index (χ4n) is 3.67. The van der Waals surface area contributed by atoms with Crippen molar-refractivity contribution in [2.24, 2.45) is 7.05 Å². The van der Waals surface area contributed by atoms with Crippen LogP contribution in [0.1, 0.15) is 18.4 Å². The first kappa shape index (κ1) is 16.1. The number of benzene rings is 1. The summed E-state index contributed by atoms with van der Waals surface area (Å²) in [5, 5.41) is 7.61. The number of aryl methyl sites for hydroxylation is 2. The van der Waals surface area contributed by atoms with Gasteiger partial charge in [-0.3, -0.25) is 9.36 Å². The van der Waals surface area contributed by atoms with Crippen LogP contribution in [0, 0.1) is 6.92 Å². The zero-order chi connectivity index (χ0) is 18.5. The van der Waals surface area contributed by atoms with Crippen molar-refractivity contribution in [3.8, 4) is 0 Å². The third-order valence-corrected chi connectivity index (χ3v) is 5.31. The van der Waals surface area contributed by atoms with Crippen molar-refractivity contribution in [3.05, 3.63) is 46.4 Å². The van der Waals surface area contributed by atoms with Crippen LogP contribution >= 0.6 is 0 Å². The first-order chi connectivity index (χ1) is 13.1. The molecule has 7 heteroatoms. The number of aromatic nitrogens is 3. The van der Waals surface area contributed by atoms with Crippen LogP contribution in [0.15, 0.2) is 35.3 Å². The Morgan fingerprint density at radius 3 is 2.93 bits per heavy atom. The molecule has 2 aromatic heterocycles. The lowest BCUT2D eigenvalue weighted by molar-refractivity contribution is 0.854. The van der Waals surface area contributed by atoms with E-state index in [2.05, 4.69) is 44.6 Å². The van der Waals surface area contributed by atoms with Crippen molar-refractivity contribution >= 4 is 34.0 Å². The van der Waals surface area contributed by atoms with E-state index in [4.69, 9.17) is 0 Å². The van der Waals surface area contributed by atoms with Crippen LogP contribution in [0.25, 0.3) is 11.0 Å². The van der Waals surface area contributed by atoms with Gasteiger partial charge >= 0.3 is 0 Å². The Bertz CT molecular complexity index is 1100. The van der Waals surface area contributed by atoms with Gasteiger partial charge in [-0.2, -0.15) is 4.98 Å². The highest BCUT2D eigenvalue weighted by Crippen LogP contribution is 2.36. The Hall–Kier alpha value is -3.09. The minimum atomic E-state index is -0.0482. The van der Waals surface area contributed by atoms with Crippen molar-refractivity contribution in [3.63, 3.8) is 0 Å². The predicted molar refractivity (Wildman–Crippen MR) is 108 cm³/mol. The molecule has 0 saturated heterocycles. The minimum absolute atomic E-state index is 0.0482. The summed E-state index contributed by atoms with van der Waals surface area (Å²) in [6.07, 6.45) is 4.11. The molecule has 0 bridgehead atoms. The normalized spacial score (nSPS) is 16.1. The lowest BCUT2D eigenvalue weighted by Crippen LogP contribution is -2.35. The van der Waals surface area contributed by atoms with Gasteiger partial charge in [0.15, 0.2) is 0 Å². The molecule has 138 valence electrons. The average Bonchev–Trinajstić information content (AvgIpc) is 3.49. The predicted octanol–water partition coefficient (Wildman–Crippen LogP) is 2.77. The van der Waals surface area contributed by atoms with Crippen LogP contribution < -0.4 is 21.1 Å². The molecule has 27 heavy (non-hydrogen) atoms. The molecular weight excluding hydrogens is 340 g/mol. The average molecular weight is 362 g/mol. The van der Waals surface area contributed by atoms with Crippen LogP contribution in [-0.4, -0.2) is 33.7 Å². The molecule has 5 rings (SSSR count). The topological polar surface area (TPSA) is 75.1 Å². The molecule has 3 aromatic rings. The third-order valence-electron chi connectivity index (χ3n) is 5.31. The molecule has 0 radical (unpaired) electrons. The largest absolute Gasteiger partial charge is 0.381 e. The van der Waals surface area contributed by atoms with Crippen LogP contribution in [0.5, 0.6) is 0 Å². The van der Waals surface area contributed by atoms with Crippen LogP contribution in [0.4, 0.5) is 23.0 Å². The van der Waals surface area contributed by atoms with Gasteiger partial charge in [0.05, 0.1) is 11.4 Å². The number of hydrogen-bond acceptors (Lipinski definition) is 6. The van der Waals surface area contributed by atoms with Gasteiger partial charge in [0.25, 0.3) is 5.56 Å². The second kappa shape index (κ2) is 5.97. The van der Waals surface area contributed by atoms with Crippen molar-refractivity contribution < 1.29 is 0 Å². The summed E-state index contributed by atoms with van der Waals surface area (Å²) in [6.45, 7) is 3.61. The van der Waals surface area contributed by atoms with Crippen LogP contribution in [0.2, 0.25) is 0 Å². The fraction of sp³-hybridized carbons (Fsp3) is 0.350. The van der Waals surface area contributed by atoms with Gasteiger partial charge in [0, 0.05) is 37.8 Å². The van der Waals surface area contributed by atoms with Gasteiger partial charge in [-0.25, -0.2) is 4.98 Å². The van der Waals surface area contributed by atoms with Crippen LogP contribution in [-0.2, 0) is 7.05 Å². The van der Waals surface area contributed by atoms with Gasteiger partial charge in [0.1, 0.15) is 11.3 Å². The Morgan fingerprint density at radius 2 is 2.11 bits per heavy atom. The van der Waals surface area contributed by atoms with E-state index in [1.165, 1.54) is 5.56 Å². The number of pyridine rings is 1. The number of nitrogens with zero attached hydrogens (tertiary/aromatic N) is 4. The Kier molecular flexibility index (Phi) is 3.56. The molecule has 1 fully saturated rings. The summed E-state index contributed by atoms with van der Waals surface area (Å²) >= 11 is 0. The summed E-state index contributed by atoms with van der Waals surface area (Å²) in [5.74, 6) is 0.593. The number of anilines is 4. The smallest absolute Gasteiger partial charge is 0.275 e. The van der Waals surface area contributed by atoms with Crippen molar-refractivity contribution in [1.82, 2.24) is 14.5 Å². The molecule has 1 aliphatic heterocycles. The van der Waals surface area contributed by atoms with E-state index < -0.39 is 0 Å². The van der Waals surface area contributed by atoms with Gasteiger partial charge in [-0.15, -0.1) is 0 Å². The minimum Gasteiger partial charge on any atom is -0.381 e. The van der Waals surface area contributed by atoms with E-state index in [0.29, 0.717) is 23.3 Å². The lowest BCUT2D eigenvalue weighted by atomic mass is 10.1. The van der Waals surface area contributed by atoms with Gasteiger partial charge in [0.2, 0.25) is 5.95 Å². The van der Waals surface area contributed by atoms with Gasteiger partial charge in [-0.1, -0.05) is 12.1 Å². The van der Waals surface area contributed by atoms with E-state index in [0.717, 1.165) is 42.7 Å². The Morgan fingerprint density at radius 1 is 1.26 bits per heavy atom. The third kappa shape index (κ3) is 2.70. The van der Waals surface area contributed by atoms with Gasteiger partial charge in [-0.05, 0) is 37.5 Å². The quantitative estimate of drug-likeness (QED) is 0.746. The highest BCUT2D eigenvalue weighted by atomic mass is 16.1. The number of fused-ring (bicyclic) bond motifs is 2. The zero-order valence-electron chi connectivity index (χ0n) is 15.5. The standard InChI is InChI=1S/C20H22N6O/c1-12-4-3-5-15-17(12)21-8-9-26(15)16-10-13-11-22-20(23-14-6-7-14)24-18(13)25(2)19(16)27/h3-5,10-11,14,21H,6-9H2,1-2H3,(H,22,23,24). The summed E-state index contributed by atoms with van der Waals surface area (Å²) in [7, 11) is 1.78. The molecule has 1 aromatic carbocycles. The molecule has 0 spiro atoms. The molecule has 0 atom stereocenters. The number of para-hydroxylation sites is 1. The molecule has 0 unspecified atom stereocenters. The molecule has 2 aliphatic rings. The molecule has 1 aliphatic carbocycles. The SMILES string of the molecule is Cc1cccc2c1NCCN2c1cc2cnc(NC3CC3)nc2n(C)c1=O. The second-order valence-corrected chi connectivity index (χ2v) is 7.33. The molecule has 0 amide bonds. The summed E-state index contributed by atoms with van der Waals surface area (Å²) in [4.78, 5) is 24.2. The molecule has 2 N–H and O–H groups in total. The maximum absolute atomic E-state index is 13.1.